The zero-order valence-corrected chi connectivity index (χ0v) is 10.5. The van der Waals surface area contributed by atoms with Crippen LogP contribution < -0.4 is 10.1 Å². The number of ether oxygens (including phenoxy) is 1. The summed E-state index contributed by atoms with van der Waals surface area (Å²) in [5.74, 6) is -1.94. The highest BCUT2D eigenvalue weighted by Gasteiger charge is 2.19. The predicted octanol–water partition coefficient (Wildman–Crippen LogP) is 1.21. The first-order valence-corrected chi connectivity index (χ1v) is 5.70. The summed E-state index contributed by atoms with van der Waals surface area (Å²) in [6, 6.07) is 7.56. The SMILES string of the molecule is Cc1cccc(OCCNC(=O)C(C)C(=O)O)c1. The van der Waals surface area contributed by atoms with Crippen molar-refractivity contribution in [2.24, 2.45) is 5.92 Å². The summed E-state index contributed by atoms with van der Waals surface area (Å²) in [6.07, 6.45) is 0. The van der Waals surface area contributed by atoms with Gasteiger partial charge in [0.2, 0.25) is 5.91 Å². The van der Waals surface area contributed by atoms with Gasteiger partial charge in [-0.1, -0.05) is 12.1 Å². The first kappa shape index (κ1) is 14.0. The summed E-state index contributed by atoms with van der Waals surface area (Å²) in [5, 5.41) is 11.1. The van der Waals surface area contributed by atoms with Crippen LogP contribution in [0.2, 0.25) is 0 Å². The molecular weight excluding hydrogens is 234 g/mol. The Labute approximate surface area is 106 Å². The number of nitrogens with one attached hydrogen (secondary N) is 1. The van der Waals surface area contributed by atoms with Crippen LogP contribution in [0.1, 0.15) is 12.5 Å². The standard InChI is InChI=1S/C13H17NO4/c1-9-4-3-5-11(8-9)18-7-6-14-12(15)10(2)13(16)17/h3-5,8,10H,6-7H2,1-2H3,(H,14,15)(H,16,17). The quantitative estimate of drug-likeness (QED) is 0.588. The third kappa shape index (κ3) is 4.45. The van der Waals surface area contributed by atoms with E-state index in [2.05, 4.69) is 5.32 Å². The van der Waals surface area contributed by atoms with Crippen molar-refractivity contribution in [3.05, 3.63) is 29.8 Å². The number of rotatable bonds is 6. The van der Waals surface area contributed by atoms with Crippen LogP contribution in [-0.4, -0.2) is 30.1 Å². The number of aryl methyl sites for hydroxylation is 1. The molecule has 2 N–H and O–H groups in total. The summed E-state index contributed by atoms with van der Waals surface area (Å²) >= 11 is 0. The minimum Gasteiger partial charge on any atom is -0.492 e. The number of carbonyl (C=O) groups is 2. The van der Waals surface area contributed by atoms with Gasteiger partial charge in [-0.25, -0.2) is 0 Å². The van der Waals surface area contributed by atoms with Crippen LogP contribution in [0.15, 0.2) is 24.3 Å². The third-order valence-electron chi connectivity index (χ3n) is 2.42. The van der Waals surface area contributed by atoms with Crippen molar-refractivity contribution in [2.45, 2.75) is 13.8 Å². The molecule has 1 atom stereocenters. The van der Waals surface area contributed by atoms with Crippen molar-refractivity contribution < 1.29 is 19.4 Å². The highest BCUT2D eigenvalue weighted by molar-refractivity contribution is 5.96. The van der Waals surface area contributed by atoms with Crippen LogP contribution in [0.5, 0.6) is 5.75 Å². The number of hydrogen-bond acceptors (Lipinski definition) is 3. The van der Waals surface area contributed by atoms with E-state index in [1.165, 1.54) is 6.92 Å². The number of hydrogen-bond donors (Lipinski definition) is 2. The Balaban J connectivity index is 2.27. The van der Waals surface area contributed by atoms with Crippen molar-refractivity contribution in [1.82, 2.24) is 5.32 Å². The Morgan fingerprint density at radius 2 is 2.17 bits per heavy atom. The van der Waals surface area contributed by atoms with Crippen molar-refractivity contribution in [3.8, 4) is 5.75 Å². The summed E-state index contributed by atoms with van der Waals surface area (Å²) < 4.78 is 5.42. The third-order valence-corrected chi connectivity index (χ3v) is 2.42. The summed E-state index contributed by atoms with van der Waals surface area (Å²) in [5.41, 5.74) is 1.09. The Kier molecular flexibility index (Phi) is 5.17. The average Bonchev–Trinajstić information content (AvgIpc) is 2.33. The smallest absolute Gasteiger partial charge is 0.315 e. The summed E-state index contributed by atoms with van der Waals surface area (Å²) in [6.45, 7) is 3.90. The maximum atomic E-state index is 11.3. The largest absolute Gasteiger partial charge is 0.492 e. The second-order valence-electron chi connectivity index (χ2n) is 4.02. The van der Waals surface area contributed by atoms with Gasteiger partial charge in [0, 0.05) is 0 Å². The van der Waals surface area contributed by atoms with Gasteiger partial charge in [-0.2, -0.15) is 0 Å². The fourth-order valence-electron chi connectivity index (χ4n) is 1.31. The van der Waals surface area contributed by atoms with Gasteiger partial charge in [-0.05, 0) is 31.5 Å². The molecule has 0 spiro atoms. The second kappa shape index (κ2) is 6.64. The van der Waals surface area contributed by atoms with E-state index in [1.54, 1.807) is 0 Å². The highest BCUT2D eigenvalue weighted by atomic mass is 16.5. The molecule has 0 aromatic heterocycles. The molecule has 0 aliphatic carbocycles. The normalized spacial score (nSPS) is 11.7. The van der Waals surface area contributed by atoms with Crippen molar-refractivity contribution >= 4 is 11.9 Å². The molecule has 1 aromatic carbocycles. The lowest BCUT2D eigenvalue weighted by atomic mass is 10.2. The topological polar surface area (TPSA) is 75.6 Å². The molecule has 0 radical (unpaired) electrons. The maximum Gasteiger partial charge on any atom is 0.315 e. The van der Waals surface area contributed by atoms with E-state index in [0.717, 1.165) is 11.3 Å². The van der Waals surface area contributed by atoms with E-state index in [4.69, 9.17) is 9.84 Å². The first-order chi connectivity index (χ1) is 8.50. The second-order valence-corrected chi connectivity index (χ2v) is 4.02. The molecule has 0 bridgehead atoms. The summed E-state index contributed by atoms with van der Waals surface area (Å²) in [4.78, 5) is 21.8. The molecule has 5 nitrogen and oxygen atoms in total. The highest BCUT2D eigenvalue weighted by Crippen LogP contribution is 2.11. The van der Waals surface area contributed by atoms with Gasteiger partial charge < -0.3 is 15.2 Å². The number of amides is 1. The van der Waals surface area contributed by atoms with Gasteiger partial charge in [0.15, 0.2) is 0 Å². The maximum absolute atomic E-state index is 11.3. The Hall–Kier alpha value is -2.04. The summed E-state index contributed by atoms with van der Waals surface area (Å²) in [7, 11) is 0. The van der Waals surface area contributed by atoms with Crippen molar-refractivity contribution in [1.29, 1.82) is 0 Å². The van der Waals surface area contributed by atoms with Crippen LogP contribution >= 0.6 is 0 Å². The van der Waals surface area contributed by atoms with Crippen LogP contribution in [0.3, 0.4) is 0 Å². The Morgan fingerprint density at radius 3 is 2.78 bits per heavy atom. The van der Waals surface area contributed by atoms with E-state index < -0.39 is 17.8 Å². The number of aliphatic carboxylic acids is 1. The molecule has 1 unspecified atom stereocenters. The Bertz CT molecular complexity index is 431. The fraction of sp³-hybridized carbons (Fsp3) is 0.385. The first-order valence-electron chi connectivity index (χ1n) is 5.70. The molecule has 0 aliphatic heterocycles. The Morgan fingerprint density at radius 1 is 1.44 bits per heavy atom. The van der Waals surface area contributed by atoms with Gasteiger partial charge in [0.1, 0.15) is 18.3 Å². The molecule has 1 rings (SSSR count). The number of carboxylic acid groups (broad SMARTS) is 1. The van der Waals surface area contributed by atoms with Gasteiger partial charge >= 0.3 is 5.97 Å². The van der Waals surface area contributed by atoms with E-state index in [0.29, 0.717) is 6.61 Å². The number of carboxylic acids is 1. The molecule has 0 aliphatic rings. The lowest BCUT2D eigenvalue weighted by Crippen LogP contribution is -2.35. The predicted molar refractivity (Wildman–Crippen MR) is 66.5 cm³/mol. The lowest BCUT2D eigenvalue weighted by Gasteiger charge is -2.09. The van der Waals surface area contributed by atoms with Crippen LogP contribution in [-0.2, 0) is 9.59 Å². The van der Waals surface area contributed by atoms with Gasteiger partial charge in [-0.15, -0.1) is 0 Å². The van der Waals surface area contributed by atoms with Crippen molar-refractivity contribution in [3.63, 3.8) is 0 Å². The average molecular weight is 251 g/mol. The molecule has 18 heavy (non-hydrogen) atoms. The lowest BCUT2D eigenvalue weighted by molar-refractivity contribution is -0.146. The van der Waals surface area contributed by atoms with Gasteiger partial charge in [0.25, 0.3) is 0 Å². The molecule has 5 heteroatoms. The van der Waals surface area contributed by atoms with E-state index in [-0.39, 0.29) is 6.54 Å². The zero-order valence-electron chi connectivity index (χ0n) is 10.5. The molecule has 1 amide bonds. The molecule has 0 saturated heterocycles. The minimum atomic E-state index is -1.13. The molecule has 98 valence electrons. The minimum absolute atomic E-state index is 0.282. The van der Waals surface area contributed by atoms with Crippen LogP contribution in [0.4, 0.5) is 0 Å². The molecular formula is C13H17NO4. The molecule has 0 heterocycles. The number of carbonyl (C=O) groups excluding carboxylic acids is 1. The van der Waals surface area contributed by atoms with Gasteiger partial charge in [-0.3, -0.25) is 9.59 Å². The zero-order chi connectivity index (χ0) is 13.5. The van der Waals surface area contributed by atoms with Crippen molar-refractivity contribution in [2.75, 3.05) is 13.2 Å². The van der Waals surface area contributed by atoms with Crippen LogP contribution in [0, 0.1) is 12.8 Å². The monoisotopic (exact) mass is 251 g/mol. The molecule has 0 fully saturated rings. The fourth-order valence-corrected chi connectivity index (χ4v) is 1.31. The van der Waals surface area contributed by atoms with Gasteiger partial charge in [0.05, 0.1) is 6.54 Å². The van der Waals surface area contributed by atoms with E-state index >= 15 is 0 Å². The number of benzene rings is 1. The van der Waals surface area contributed by atoms with E-state index in [1.807, 2.05) is 31.2 Å². The molecule has 0 saturated carbocycles. The van der Waals surface area contributed by atoms with Crippen LogP contribution in [0.25, 0.3) is 0 Å². The van der Waals surface area contributed by atoms with E-state index in [9.17, 15) is 9.59 Å². The molecule has 1 aromatic rings.